The number of anilines is 1. The topological polar surface area (TPSA) is 78.9 Å². The molecule has 19 heavy (non-hydrogen) atoms. The van der Waals surface area contributed by atoms with E-state index in [9.17, 15) is 9.59 Å². The van der Waals surface area contributed by atoms with Crippen molar-refractivity contribution in [1.82, 2.24) is 4.90 Å². The second kappa shape index (κ2) is 5.17. The highest BCUT2D eigenvalue weighted by atomic mass is 16.5. The summed E-state index contributed by atoms with van der Waals surface area (Å²) in [4.78, 5) is 24.4. The molecule has 1 aliphatic heterocycles. The lowest BCUT2D eigenvalue weighted by Crippen LogP contribution is -2.40. The molecule has 1 amide bonds. The number of carbonyl (C=O) groups excluding carboxylic acids is 1. The average Bonchev–Trinajstić information content (AvgIpc) is 2.44. The molecule has 1 aromatic carbocycles. The summed E-state index contributed by atoms with van der Waals surface area (Å²) < 4.78 is 5.51. The fourth-order valence-electron chi connectivity index (χ4n) is 1.87. The van der Waals surface area contributed by atoms with Crippen LogP contribution in [0, 0.1) is 0 Å². The van der Waals surface area contributed by atoms with Crippen molar-refractivity contribution in [1.29, 1.82) is 0 Å². The Bertz CT molecular complexity index is 515. The summed E-state index contributed by atoms with van der Waals surface area (Å²) in [5.41, 5.74) is 1.13. The molecule has 0 saturated carbocycles. The van der Waals surface area contributed by atoms with Crippen LogP contribution in [0.4, 0.5) is 5.69 Å². The molecule has 2 N–H and O–H groups in total. The van der Waals surface area contributed by atoms with Gasteiger partial charge in [0.25, 0.3) is 5.91 Å². The molecule has 6 heteroatoms. The first-order chi connectivity index (χ1) is 9.02. The number of para-hydroxylation sites is 1. The molecule has 6 nitrogen and oxygen atoms in total. The Hall–Kier alpha value is -2.24. The first kappa shape index (κ1) is 13.2. The summed E-state index contributed by atoms with van der Waals surface area (Å²) in [5.74, 6) is -0.918. The Morgan fingerprint density at radius 2 is 2.21 bits per heavy atom. The van der Waals surface area contributed by atoms with E-state index in [1.807, 2.05) is 6.07 Å². The molecule has 2 rings (SSSR count). The molecule has 0 aromatic heterocycles. The Morgan fingerprint density at radius 3 is 2.89 bits per heavy atom. The highest BCUT2D eigenvalue weighted by Gasteiger charge is 2.26. The van der Waals surface area contributed by atoms with E-state index in [0.717, 1.165) is 5.69 Å². The third-order valence-corrected chi connectivity index (χ3v) is 3.17. The van der Waals surface area contributed by atoms with Crippen molar-refractivity contribution in [3.05, 3.63) is 23.8 Å². The quantitative estimate of drug-likeness (QED) is 0.852. The van der Waals surface area contributed by atoms with Gasteiger partial charge in [-0.25, -0.2) is 4.79 Å². The van der Waals surface area contributed by atoms with Crippen LogP contribution in [0.1, 0.15) is 17.3 Å². The third kappa shape index (κ3) is 2.47. The maximum absolute atomic E-state index is 12.3. The zero-order chi connectivity index (χ0) is 14.0. The van der Waals surface area contributed by atoms with Crippen LogP contribution in [-0.4, -0.2) is 48.1 Å². The standard InChI is InChI=1S/C13H16N2O4/c1-8(13(17)18)15(2)12(16)9-4-3-5-10-11(9)19-7-6-14-10/h3-5,8,14H,6-7H2,1-2H3,(H,17,18). The van der Waals surface area contributed by atoms with Crippen molar-refractivity contribution in [2.75, 3.05) is 25.5 Å². The number of fused-ring (bicyclic) bond motifs is 1. The fourth-order valence-corrected chi connectivity index (χ4v) is 1.87. The minimum atomic E-state index is -1.04. The number of hydrogen-bond donors (Lipinski definition) is 2. The number of benzene rings is 1. The highest BCUT2D eigenvalue weighted by molar-refractivity contribution is 6.00. The molecule has 0 aliphatic carbocycles. The van der Waals surface area contributed by atoms with Gasteiger partial charge in [0.15, 0.2) is 5.75 Å². The molecule has 1 aromatic rings. The SMILES string of the molecule is CC(C(=O)O)N(C)C(=O)c1cccc2c1OCCN2. The van der Waals surface area contributed by atoms with Crippen LogP contribution in [0.2, 0.25) is 0 Å². The lowest BCUT2D eigenvalue weighted by molar-refractivity contribution is -0.141. The predicted molar refractivity (Wildman–Crippen MR) is 69.6 cm³/mol. The van der Waals surface area contributed by atoms with Gasteiger partial charge in [0.2, 0.25) is 0 Å². The van der Waals surface area contributed by atoms with Crippen LogP contribution in [0.25, 0.3) is 0 Å². The van der Waals surface area contributed by atoms with Gasteiger partial charge in [0.1, 0.15) is 12.6 Å². The Balaban J connectivity index is 2.31. The van der Waals surface area contributed by atoms with E-state index in [0.29, 0.717) is 24.5 Å². The van der Waals surface area contributed by atoms with Crippen molar-refractivity contribution in [2.24, 2.45) is 0 Å². The summed E-state index contributed by atoms with van der Waals surface area (Å²) in [6.45, 7) is 2.64. The van der Waals surface area contributed by atoms with Crippen LogP contribution < -0.4 is 10.1 Å². The minimum absolute atomic E-state index is 0.365. The van der Waals surface area contributed by atoms with Gasteiger partial charge in [-0.1, -0.05) is 6.07 Å². The predicted octanol–water partition coefficient (Wildman–Crippen LogP) is 1.04. The molecule has 0 radical (unpaired) electrons. The smallest absolute Gasteiger partial charge is 0.326 e. The molecule has 1 unspecified atom stereocenters. The van der Waals surface area contributed by atoms with Crippen molar-refractivity contribution in [2.45, 2.75) is 13.0 Å². The van der Waals surface area contributed by atoms with Crippen molar-refractivity contribution >= 4 is 17.6 Å². The van der Waals surface area contributed by atoms with Crippen LogP contribution in [0.5, 0.6) is 5.75 Å². The number of aliphatic carboxylic acids is 1. The number of carbonyl (C=O) groups is 2. The summed E-state index contributed by atoms with van der Waals surface area (Å²) in [6.07, 6.45) is 0. The molecule has 0 saturated heterocycles. The Kier molecular flexibility index (Phi) is 3.59. The van der Waals surface area contributed by atoms with Gasteiger partial charge < -0.3 is 20.1 Å². The van der Waals surface area contributed by atoms with Crippen molar-refractivity contribution < 1.29 is 19.4 Å². The summed E-state index contributed by atoms with van der Waals surface area (Å²) in [6, 6.07) is 4.32. The zero-order valence-electron chi connectivity index (χ0n) is 10.8. The largest absolute Gasteiger partial charge is 0.489 e. The number of ether oxygens (including phenoxy) is 1. The van der Waals surface area contributed by atoms with Gasteiger partial charge in [0.05, 0.1) is 11.3 Å². The van der Waals surface area contributed by atoms with Gasteiger partial charge >= 0.3 is 5.97 Å². The number of likely N-dealkylation sites (N-methyl/N-ethyl adjacent to an activating group) is 1. The average molecular weight is 264 g/mol. The molecule has 0 fully saturated rings. The maximum Gasteiger partial charge on any atom is 0.326 e. The number of amides is 1. The molecule has 102 valence electrons. The Morgan fingerprint density at radius 1 is 1.47 bits per heavy atom. The normalized spacial score (nSPS) is 14.6. The van der Waals surface area contributed by atoms with E-state index in [2.05, 4.69) is 5.32 Å². The second-order valence-corrected chi connectivity index (χ2v) is 4.39. The summed E-state index contributed by atoms with van der Waals surface area (Å²) in [7, 11) is 1.47. The van der Waals surface area contributed by atoms with Gasteiger partial charge in [-0.2, -0.15) is 0 Å². The van der Waals surface area contributed by atoms with Crippen LogP contribution in [0.3, 0.4) is 0 Å². The van der Waals surface area contributed by atoms with Gasteiger partial charge in [-0.05, 0) is 19.1 Å². The lowest BCUT2D eigenvalue weighted by Gasteiger charge is -2.25. The molecule has 0 spiro atoms. The third-order valence-electron chi connectivity index (χ3n) is 3.17. The molecule has 1 heterocycles. The number of hydrogen-bond acceptors (Lipinski definition) is 4. The first-order valence-electron chi connectivity index (χ1n) is 6.02. The van der Waals surface area contributed by atoms with Gasteiger partial charge in [-0.15, -0.1) is 0 Å². The molecule has 0 bridgehead atoms. The van der Waals surface area contributed by atoms with Gasteiger partial charge in [-0.3, -0.25) is 4.79 Å². The summed E-state index contributed by atoms with van der Waals surface area (Å²) in [5, 5.41) is 12.1. The van der Waals surface area contributed by atoms with E-state index in [-0.39, 0.29) is 5.91 Å². The van der Waals surface area contributed by atoms with Crippen LogP contribution in [-0.2, 0) is 4.79 Å². The summed E-state index contributed by atoms with van der Waals surface area (Å²) >= 11 is 0. The lowest BCUT2D eigenvalue weighted by atomic mass is 10.1. The maximum atomic E-state index is 12.3. The van der Waals surface area contributed by atoms with E-state index >= 15 is 0 Å². The van der Waals surface area contributed by atoms with E-state index in [4.69, 9.17) is 9.84 Å². The van der Waals surface area contributed by atoms with E-state index in [1.165, 1.54) is 18.9 Å². The number of nitrogens with zero attached hydrogens (tertiary/aromatic N) is 1. The second-order valence-electron chi connectivity index (χ2n) is 4.39. The number of rotatable bonds is 3. The number of carboxylic acids is 1. The number of carboxylic acid groups (broad SMARTS) is 1. The van der Waals surface area contributed by atoms with Crippen molar-refractivity contribution in [3.8, 4) is 5.75 Å². The Labute approximate surface area is 111 Å². The minimum Gasteiger partial charge on any atom is -0.489 e. The first-order valence-corrected chi connectivity index (χ1v) is 6.02. The van der Waals surface area contributed by atoms with E-state index < -0.39 is 12.0 Å². The van der Waals surface area contributed by atoms with E-state index in [1.54, 1.807) is 12.1 Å². The van der Waals surface area contributed by atoms with Crippen molar-refractivity contribution in [3.63, 3.8) is 0 Å². The molecular formula is C13H16N2O4. The molecular weight excluding hydrogens is 248 g/mol. The van der Waals surface area contributed by atoms with Crippen LogP contribution in [0.15, 0.2) is 18.2 Å². The fraction of sp³-hybridized carbons (Fsp3) is 0.385. The molecule has 1 aliphatic rings. The zero-order valence-corrected chi connectivity index (χ0v) is 10.8. The molecule has 1 atom stereocenters. The highest BCUT2D eigenvalue weighted by Crippen LogP contribution is 2.32. The monoisotopic (exact) mass is 264 g/mol. The van der Waals surface area contributed by atoms with Crippen LogP contribution >= 0.6 is 0 Å². The van der Waals surface area contributed by atoms with Gasteiger partial charge in [0, 0.05) is 13.6 Å². The number of nitrogens with one attached hydrogen (secondary N) is 1.